The molecule has 0 aliphatic heterocycles. The van der Waals surface area contributed by atoms with Crippen LogP contribution in [0.3, 0.4) is 0 Å². The number of hydrogen-bond donors (Lipinski definition) is 1. The lowest BCUT2D eigenvalue weighted by atomic mass is 9.77. The van der Waals surface area contributed by atoms with Crippen LogP contribution in [-0.2, 0) is 4.79 Å². The maximum atomic E-state index is 11.3. The van der Waals surface area contributed by atoms with Crippen LogP contribution >= 0.6 is 0 Å². The monoisotopic (exact) mass is 212 g/mol. The fourth-order valence-corrected chi connectivity index (χ4v) is 2.77. The van der Waals surface area contributed by atoms with Crippen LogP contribution in [0.5, 0.6) is 0 Å². The zero-order valence-electron chi connectivity index (χ0n) is 10.2. The second-order valence-electron chi connectivity index (χ2n) is 4.67. The van der Waals surface area contributed by atoms with E-state index in [-0.39, 0.29) is 11.8 Å². The minimum Gasteiger partial charge on any atom is -0.369 e. The van der Waals surface area contributed by atoms with Crippen molar-refractivity contribution in [3.05, 3.63) is 0 Å². The van der Waals surface area contributed by atoms with Crippen LogP contribution in [0, 0.1) is 11.8 Å². The third-order valence-electron chi connectivity index (χ3n) is 3.86. The Labute approximate surface area is 93.0 Å². The van der Waals surface area contributed by atoms with Crippen LogP contribution in [0.1, 0.15) is 40.0 Å². The number of carbonyl (C=O) groups is 1. The van der Waals surface area contributed by atoms with Gasteiger partial charge in [-0.25, -0.2) is 0 Å². The van der Waals surface area contributed by atoms with E-state index in [1.54, 1.807) is 0 Å². The topological polar surface area (TPSA) is 46.3 Å². The van der Waals surface area contributed by atoms with Gasteiger partial charge >= 0.3 is 0 Å². The number of nitrogens with two attached hydrogens (primary N) is 1. The number of rotatable bonds is 4. The molecule has 3 unspecified atom stereocenters. The van der Waals surface area contributed by atoms with Crippen molar-refractivity contribution in [2.45, 2.75) is 46.1 Å². The fraction of sp³-hybridized carbons (Fsp3) is 0.917. The molecular formula is C12H24N2O. The lowest BCUT2D eigenvalue weighted by Gasteiger charge is -2.38. The van der Waals surface area contributed by atoms with Crippen LogP contribution in [0.2, 0.25) is 0 Å². The van der Waals surface area contributed by atoms with Crippen molar-refractivity contribution in [1.29, 1.82) is 0 Å². The summed E-state index contributed by atoms with van der Waals surface area (Å²) in [7, 11) is 0. The number of hydrogen-bond acceptors (Lipinski definition) is 2. The van der Waals surface area contributed by atoms with Crippen LogP contribution in [0.15, 0.2) is 0 Å². The van der Waals surface area contributed by atoms with E-state index >= 15 is 0 Å². The zero-order chi connectivity index (χ0) is 11.4. The summed E-state index contributed by atoms with van der Waals surface area (Å²) in [5, 5.41) is 0. The average Bonchev–Trinajstić information content (AvgIpc) is 2.21. The minimum atomic E-state index is -0.112. The van der Waals surface area contributed by atoms with Gasteiger partial charge in [0.25, 0.3) is 0 Å². The molecule has 1 fully saturated rings. The van der Waals surface area contributed by atoms with Gasteiger partial charge in [0, 0.05) is 12.0 Å². The largest absolute Gasteiger partial charge is 0.369 e. The molecule has 1 amide bonds. The number of nitrogens with zero attached hydrogens (tertiary/aromatic N) is 1. The van der Waals surface area contributed by atoms with Gasteiger partial charge in [0.1, 0.15) is 0 Å². The molecular weight excluding hydrogens is 188 g/mol. The van der Waals surface area contributed by atoms with Gasteiger partial charge in [-0.15, -0.1) is 0 Å². The molecule has 15 heavy (non-hydrogen) atoms. The van der Waals surface area contributed by atoms with E-state index in [9.17, 15) is 4.79 Å². The highest BCUT2D eigenvalue weighted by Crippen LogP contribution is 2.32. The number of carbonyl (C=O) groups excluding carboxylic acids is 1. The molecule has 1 rings (SSSR count). The highest BCUT2D eigenvalue weighted by atomic mass is 16.1. The second-order valence-corrected chi connectivity index (χ2v) is 4.67. The van der Waals surface area contributed by atoms with E-state index in [4.69, 9.17) is 5.73 Å². The summed E-state index contributed by atoms with van der Waals surface area (Å²) in [6, 6.07) is 0.564. The van der Waals surface area contributed by atoms with Gasteiger partial charge in [-0.3, -0.25) is 4.79 Å². The normalized spacial score (nSPS) is 31.9. The van der Waals surface area contributed by atoms with Gasteiger partial charge in [0.15, 0.2) is 0 Å². The van der Waals surface area contributed by atoms with Gasteiger partial charge in [-0.05, 0) is 38.3 Å². The molecule has 88 valence electrons. The molecule has 0 bridgehead atoms. The molecule has 0 aromatic carbocycles. The Morgan fingerprint density at radius 2 is 1.93 bits per heavy atom. The fourth-order valence-electron chi connectivity index (χ4n) is 2.77. The Bertz CT molecular complexity index is 214. The van der Waals surface area contributed by atoms with Crippen molar-refractivity contribution >= 4 is 5.91 Å². The first-order chi connectivity index (χ1) is 7.10. The van der Waals surface area contributed by atoms with Gasteiger partial charge in [0.2, 0.25) is 5.91 Å². The van der Waals surface area contributed by atoms with Crippen molar-refractivity contribution in [2.24, 2.45) is 17.6 Å². The zero-order valence-corrected chi connectivity index (χ0v) is 10.2. The lowest BCUT2D eigenvalue weighted by molar-refractivity contribution is -0.125. The van der Waals surface area contributed by atoms with Gasteiger partial charge in [-0.2, -0.15) is 0 Å². The van der Waals surface area contributed by atoms with E-state index in [1.165, 1.54) is 6.42 Å². The molecule has 0 spiro atoms. The summed E-state index contributed by atoms with van der Waals surface area (Å²) < 4.78 is 0. The molecule has 0 saturated heterocycles. The number of primary amides is 1. The molecule has 0 radical (unpaired) electrons. The quantitative estimate of drug-likeness (QED) is 0.769. The Morgan fingerprint density at radius 1 is 1.33 bits per heavy atom. The second kappa shape index (κ2) is 5.50. The molecule has 0 aromatic heterocycles. The number of amides is 1. The Balaban J connectivity index is 2.60. The predicted octanol–water partition coefficient (Wildman–Crippen LogP) is 1.62. The first-order valence-corrected chi connectivity index (χ1v) is 6.13. The van der Waals surface area contributed by atoms with Crippen LogP contribution in [0.25, 0.3) is 0 Å². The molecule has 3 heteroatoms. The smallest absolute Gasteiger partial charge is 0.220 e. The Hall–Kier alpha value is -0.570. The molecule has 2 N–H and O–H groups in total. The first kappa shape index (κ1) is 12.5. The standard InChI is InChI=1S/C12H24N2O/c1-4-14(5-2)10-7-6-9(3)11(8-10)12(13)15/h9-11H,4-8H2,1-3H3,(H2,13,15). The Morgan fingerprint density at radius 3 is 2.40 bits per heavy atom. The summed E-state index contributed by atoms with van der Waals surface area (Å²) in [6.45, 7) is 8.65. The third kappa shape index (κ3) is 2.94. The van der Waals surface area contributed by atoms with Crippen molar-refractivity contribution in [2.75, 3.05) is 13.1 Å². The van der Waals surface area contributed by atoms with Crippen molar-refractivity contribution in [3.8, 4) is 0 Å². The minimum absolute atomic E-state index is 0.0874. The van der Waals surface area contributed by atoms with Gasteiger partial charge in [0.05, 0.1) is 0 Å². The van der Waals surface area contributed by atoms with E-state index < -0.39 is 0 Å². The van der Waals surface area contributed by atoms with E-state index in [0.717, 1.165) is 25.9 Å². The van der Waals surface area contributed by atoms with Gasteiger partial charge in [-0.1, -0.05) is 20.8 Å². The molecule has 3 nitrogen and oxygen atoms in total. The summed E-state index contributed by atoms with van der Waals surface area (Å²) in [5.74, 6) is 0.443. The van der Waals surface area contributed by atoms with Gasteiger partial charge < -0.3 is 10.6 Å². The highest BCUT2D eigenvalue weighted by molar-refractivity contribution is 5.77. The van der Waals surface area contributed by atoms with Crippen LogP contribution in [0.4, 0.5) is 0 Å². The van der Waals surface area contributed by atoms with E-state index in [1.807, 2.05) is 0 Å². The third-order valence-corrected chi connectivity index (χ3v) is 3.86. The first-order valence-electron chi connectivity index (χ1n) is 6.13. The molecule has 1 saturated carbocycles. The summed E-state index contributed by atoms with van der Waals surface area (Å²) >= 11 is 0. The van der Waals surface area contributed by atoms with E-state index in [2.05, 4.69) is 25.7 Å². The van der Waals surface area contributed by atoms with Crippen molar-refractivity contribution < 1.29 is 4.79 Å². The molecule has 1 aliphatic rings. The molecule has 1 aliphatic carbocycles. The van der Waals surface area contributed by atoms with Crippen molar-refractivity contribution in [3.63, 3.8) is 0 Å². The SMILES string of the molecule is CCN(CC)C1CCC(C)C(C(N)=O)C1. The molecule has 0 aromatic rings. The molecule has 0 heterocycles. The van der Waals surface area contributed by atoms with Crippen LogP contribution in [-0.4, -0.2) is 29.9 Å². The Kier molecular flexibility index (Phi) is 4.58. The highest BCUT2D eigenvalue weighted by Gasteiger charge is 2.33. The maximum Gasteiger partial charge on any atom is 0.220 e. The maximum absolute atomic E-state index is 11.3. The predicted molar refractivity (Wildman–Crippen MR) is 62.4 cm³/mol. The average molecular weight is 212 g/mol. The van der Waals surface area contributed by atoms with E-state index in [0.29, 0.717) is 12.0 Å². The summed E-state index contributed by atoms with van der Waals surface area (Å²) in [6.07, 6.45) is 3.31. The van der Waals surface area contributed by atoms with Crippen molar-refractivity contribution in [1.82, 2.24) is 4.90 Å². The van der Waals surface area contributed by atoms with Crippen LogP contribution < -0.4 is 5.73 Å². The molecule has 3 atom stereocenters. The lowest BCUT2D eigenvalue weighted by Crippen LogP contribution is -2.44. The summed E-state index contributed by atoms with van der Waals surface area (Å²) in [5.41, 5.74) is 5.45. The summed E-state index contributed by atoms with van der Waals surface area (Å²) in [4.78, 5) is 13.8.